The molecule has 0 radical (unpaired) electrons. The molecule has 0 spiro atoms. The summed E-state index contributed by atoms with van der Waals surface area (Å²) in [7, 11) is 0. The van der Waals surface area contributed by atoms with Crippen molar-refractivity contribution in [2.24, 2.45) is 0 Å². The first-order valence-electron chi connectivity index (χ1n) is 11.2. The number of thioether (sulfide) groups is 1. The number of aryl methyl sites for hydroxylation is 2. The molecule has 0 saturated heterocycles. The van der Waals surface area contributed by atoms with Crippen LogP contribution in [0.25, 0.3) is 15.8 Å². The number of carbonyl (C=O) groups excluding carboxylic acids is 1. The van der Waals surface area contributed by atoms with Gasteiger partial charge >= 0.3 is 6.36 Å². The Morgan fingerprint density at radius 2 is 1.82 bits per heavy atom. The van der Waals surface area contributed by atoms with Crippen molar-refractivity contribution in [3.8, 4) is 11.8 Å². The van der Waals surface area contributed by atoms with Crippen molar-refractivity contribution in [2.45, 2.75) is 20.2 Å². The van der Waals surface area contributed by atoms with Crippen LogP contribution in [0.5, 0.6) is 5.75 Å². The predicted molar refractivity (Wildman–Crippen MR) is 146 cm³/mol. The van der Waals surface area contributed by atoms with Crippen LogP contribution in [0.3, 0.4) is 0 Å². The largest absolute Gasteiger partial charge is 0.573 e. The number of nitrogens with zero attached hydrogens (tertiary/aromatic N) is 2. The third-order valence-electron chi connectivity index (χ3n) is 5.20. The Balaban J connectivity index is 1.56. The molecule has 38 heavy (non-hydrogen) atoms. The molecule has 0 atom stereocenters. The van der Waals surface area contributed by atoms with Gasteiger partial charge in [0.15, 0.2) is 0 Å². The standard InChI is InChI=1S/C27H21F3N4O2S2/c1-16-7-12-21(17(2)13-16)33-25(20(14-31)26-34-22-5-3-4-6-23(22)38-26)37-15-24(35)32-18-8-10-19(11-9-18)36-27(28,29)30/h3-13,33H,15H2,1-2H3,(H,32,35)/b25-20+. The third-order valence-corrected chi connectivity index (χ3v) is 7.25. The molecule has 1 aromatic heterocycles. The van der Waals surface area contributed by atoms with E-state index in [4.69, 9.17) is 0 Å². The lowest BCUT2D eigenvalue weighted by Gasteiger charge is -2.15. The first-order chi connectivity index (χ1) is 18.1. The number of hydrogen-bond acceptors (Lipinski definition) is 7. The van der Waals surface area contributed by atoms with Gasteiger partial charge in [-0.25, -0.2) is 4.98 Å². The molecule has 3 aromatic carbocycles. The second-order valence-corrected chi connectivity index (χ2v) is 10.2. The molecule has 2 N–H and O–H groups in total. The molecule has 0 bridgehead atoms. The number of hydrogen-bond donors (Lipinski definition) is 2. The Kier molecular flexibility index (Phi) is 8.24. The fourth-order valence-electron chi connectivity index (χ4n) is 3.50. The molecule has 0 aliphatic carbocycles. The number of amides is 1. The quantitative estimate of drug-likeness (QED) is 0.220. The van der Waals surface area contributed by atoms with E-state index in [-0.39, 0.29) is 11.5 Å². The van der Waals surface area contributed by atoms with Crippen molar-refractivity contribution in [3.63, 3.8) is 0 Å². The summed E-state index contributed by atoms with van der Waals surface area (Å²) in [6, 6.07) is 20.5. The number of benzene rings is 3. The van der Waals surface area contributed by atoms with Crippen LogP contribution in [0.1, 0.15) is 16.1 Å². The minimum absolute atomic E-state index is 0.0654. The monoisotopic (exact) mass is 554 g/mol. The summed E-state index contributed by atoms with van der Waals surface area (Å²) in [5.41, 5.74) is 4.22. The van der Waals surface area contributed by atoms with Gasteiger partial charge in [-0.15, -0.1) is 24.5 Å². The van der Waals surface area contributed by atoms with E-state index in [0.717, 1.165) is 50.9 Å². The van der Waals surface area contributed by atoms with E-state index in [1.165, 1.54) is 23.5 Å². The van der Waals surface area contributed by atoms with Crippen molar-refractivity contribution in [2.75, 3.05) is 16.4 Å². The lowest BCUT2D eigenvalue weighted by atomic mass is 10.1. The van der Waals surface area contributed by atoms with Gasteiger partial charge in [-0.3, -0.25) is 4.79 Å². The lowest BCUT2D eigenvalue weighted by Crippen LogP contribution is -2.17. The Hall–Kier alpha value is -4.01. The van der Waals surface area contributed by atoms with E-state index in [1.807, 2.05) is 56.3 Å². The number of fused-ring (bicyclic) bond motifs is 1. The van der Waals surface area contributed by atoms with Crippen LogP contribution in [0.15, 0.2) is 71.8 Å². The van der Waals surface area contributed by atoms with Gasteiger partial charge in [0.1, 0.15) is 22.4 Å². The Bertz CT molecular complexity index is 1510. The maximum atomic E-state index is 12.7. The van der Waals surface area contributed by atoms with Crippen molar-refractivity contribution in [3.05, 3.63) is 87.9 Å². The third kappa shape index (κ3) is 7.06. The number of rotatable bonds is 8. The molecule has 4 aromatic rings. The van der Waals surface area contributed by atoms with Crippen LogP contribution >= 0.6 is 23.1 Å². The maximum absolute atomic E-state index is 12.7. The maximum Gasteiger partial charge on any atom is 0.573 e. The van der Waals surface area contributed by atoms with E-state index in [2.05, 4.69) is 26.4 Å². The van der Waals surface area contributed by atoms with Crippen LogP contribution < -0.4 is 15.4 Å². The van der Waals surface area contributed by atoms with Crippen LogP contribution in [0.2, 0.25) is 0 Å². The van der Waals surface area contributed by atoms with Crippen LogP contribution in [0, 0.1) is 25.2 Å². The number of allylic oxidation sites excluding steroid dienone is 1. The number of nitriles is 1. The molecular weight excluding hydrogens is 533 g/mol. The van der Waals surface area contributed by atoms with Gasteiger partial charge in [-0.1, -0.05) is 41.6 Å². The molecular formula is C27H21F3N4O2S2. The van der Waals surface area contributed by atoms with Crippen molar-refractivity contribution >= 4 is 56.2 Å². The van der Waals surface area contributed by atoms with Gasteiger partial charge in [0.2, 0.25) is 5.91 Å². The van der Waals surface area contributed by atoms with Crippen LogP contribution in [-0.2, 0) is 4.79 Å². The first-order valence-corrected chi connectivity index (χ1v) is 13.0. The molecule has 11 heteroatoms. The lowest BCUT2D eigenvalue weighted by molar-refractivity contribution is -0.274. The Labute approximate surface area is 225 Å². The van der Waals surface area contributed by atoms with Crippen molar-refractivity contribution < 1.29 is 22.7 Å². The van der Waals surface area contributed by atoms with Gasteiger partial charge in [0, 0.05) is 11.4 Å². The van der Waals surface area contributed by atoms with E-state index in [0.29, 0.717) is 21.3 Å². The van der Waals surface area contributed by atoms with Crippen molar-refractivity contribution in [1.29, 1.82) is 5.26 Å². The van der Waals surface area contributed by atoms with E-state index < -0.39 is 12.3 Å². The smallest absolute Gasteiger partial charge is 0.406 e. The minimum atomic E-state index is -4.80. The number of alkyl halides is 3. The molecule has 0 aliphatic heterocycles. The van der Waals surface area contributed by atoms with E-state index in [9.17, 15) is 23.2 Å². The van der Waals surface area contributed by atoms with E-state index in [1.54, 1.807) is 0 Å². The molecule has 1 heterocycles. The number of carbonyl (C=O) groups is 1. The Morgan fingerprint density at radius 3 is 2.47 bits per heavy atom. The predicted octanol–water partition coefficient (Wildman–Crippen LogP) is 7.49. The van der Waals surface area contributed by atoms with Gasteiger partial charge in [-0.05, 0) is 61.9 Å². The highest BCUT2D eigenvalue weighted by Crippen LogP contribution is 2.34. The topological polar surface area (TPSA) is 87.0 Å². The molecule has 6 nitrogen and oxygen atoms in total. The zero-order valence-corrected chi connectivity index (χ0v) is 21.9. The summed E-state index contributed by atoms with van der Waals surface area (Å²) < 4.78 is 41.9. The number of para-hydroxylation sites is 1. The second kappa shape index (κ2) is 11.6. The van der Waals surface area contributed by atoms with E-state index >= 15 is 0 Å². The minimum Gasteiger partial charge on any atom is -0.406 e. The van der Waals surface area contributed by atoms with Gasteiger partial charge in [-0.2, -0.15) is 5.26 Å². The first kappa shape index (κ1) is 27.0. The summed E-state index contributed by atoms with van der Waals surface area (Å²) >= 11 is 2.51. The average Bonchev–Trinajstić information content (AvgIpc) is 3.28. The van der Waals surface area contributed by atoms with Crippen LogP contribution in [-0.4, -0.2) is 23.0 Å². The van der Waals surface area contributed by atoms with Gasteiger partial charge < -0.3 is 15.4 Å². The number of ether oxygens (including phenoxy) is 1. The number of halogens is 3. The summed E-state index contributed by atoms with van der Waals surface area (Å²) in [4.78, 5) is 17.3. The summed E-state index contributed by atoms with van der Waals surface area (Å²) in [5, 5.41) is 17.0. The highest BCUT2D eigenvalue weighted by Gasteiger charge is 2.31. The van der Waals surface area contributed by atoms with Crippen molar-refractivity contribution in [1.82, 2.24) is 4.98 Å². The average molecular weight is 555 g/mol. The summed E-state index contributed by atoms with van der Waals surface area (Å²) in [6.07, 6.45) is -4.80. The zero-order chi connectivity index (χ0) is 27.3. The highest BCUT2D eigenvalue weighted by atomic mass is 32.2. The second-order valence-electron chi connectivity index (χ2n) is 8.16. The number of aromatic nitrogens is 1. The molecule has 194 valence electrons. The number of nitrogens with one attached hydrogen (secondary N) is 2. The highest BCUT2D eigenvalue weighted by molar-refractivity contribution is 8.04. The Morgan fingerprint density at radius 1 is 1.08 bits per heavy atom. The molecule has 0 saturated carbocycles. The zero-order valence-electron chi connectivity index (χ0n) is 20.2. The molecule has 4 rings (SSSR count). The number of thiazole rings is 1. The van der Waals surface area contributed by atoms with Crippen LogP contribution in [0.4, 0.5) is 24.5 Å². The van der Waals surface area contributed by atoms with Gasteiger partial charge in [0.25, 0.3) is 0 Å². The summed E-state index contributed by atoms with van der Waals surface area (Å²) in [5.74, 6) is -0.854. The normalized spacial score (nSPS) is 12.0. The fourth-order valence-corrected chi connectivity index (χ4v) is 5.34. The number of anilines is 2. The molecule has 0 unspecified atom stereocenters. The fraction of sp³-hybridized carbons (Fsp3) is 0.148. The molecule has 0 fully saturated rings. The SMILES string of the molecule is Cc1ccc(N/C(SCC(=O)Nc2ccc(OC(F)(F)F)cc2)=C(/C#N)c2nc3ccccc3s2)c(C)c1. The molecule has 1 amide bonds. The molecule has 0 aliphatic rings. The van der Waals surface area contributed by atoms with Gasteiger partial charge in [0.05, 0.1) is 21.0 Å². The summed E-state index contributed by atoms with van der Waals surface area (Å²) in [6.45, 7) is 3.93.